The lowest BCUT2D eigenvalue weighted by atomic mass is 9.82. The molecule has 0 spiro atoms. The molecule has 2 aliphatic rings. The van der Waals surface area contributed by atoms with Gasteiger partial charge in [-0.25, -0.2) is 9.69 Å². The monoisotopic (exact) mass is 567 g/mol. The highest BCUT2D eigenvalue weighted by molar-refractivity contribution is 6.10. The van der Waals surface area contributed by atoms with E-state index >= 15 is 0 Å². The number of guanidine groups is 1. The second kappa shape index (κ2) is 12.2. The maximum atomic E-state index is 14.0. The predicted octanol–water partition coefficient (Wildman–Crippen LogP) is 4.16. The summed E-state index contributed by atoms with van der Waals surface area (Å²) >= 11 is 0. The minimum absolute atomic E-state index is 0.00610. The third-order valence-electron chi connectivity index (χ3n) is 7.96. The lowest BCUT2D eigenvalue weighted by molar-refractivity contribution is -0.132. The first-order chi connectivity index (χ1) is 20.2. The van der Waals surface area contributed by atoms with Crippen LogP contribution in [0.3, 0.4) is 0 Å². The standard InChI is InChI=1S/C33H37N5O4/c1-32(19-20-32)42-31(41)37(28(39)27(34)23-24-13-5-2-6-14-24)21-11-12-22-38-29(40)33(36-30(38)35,25-15-7-3-8-16-25)26-17-9-4-10-18-26/h2-10,13-18,27H,11-12,19-23,34H2,1H3,(H2,35,36)/t27-/m0/s1. The van der Waals surface area contributed by atoms with E-state index in [0.717, 1.165) is 34.4 Å². The van der Waals surface area contributed by atoms with Crippen molar-refractivity contribution in [3.8, 4) is 0 Å². The number of benzene rings is 3. The molecule has 1 saturated heterocycles. The maximum Gasteiger partial charge on any atom is 0.417 e. The summed E-state index contributed by atoms with van der Waals surface area (Å²) in [6, 6.07) is 27.3. The van der Waals surface area contributed by atoms with E-state index in [2.05, 4.69) is 5.32 Å². The van der Waals surface area contributed by atoms with E-state index in [1.165, 1.54) is 4.90 Å². The van der Waals surface area contributed by atoms with Gasteiger partial charge >= 0.3 is 6.09 Å². The molecule has 1 aliphatic heterocycles. The molecule has 5 rings (SSSR count). The van der Waals surface area contributed by atoms with Crippen molar-refractivity contribution in [2.75, 3.05) is 13.1 Å². The lowest BCUT2D eigenvalue weighted by Crippen LogP contribution is -2.49. The van der Waals surface area contributed by atoms with Gasteiger partial charge in [0.25, 0.3) is 5.91 Å². The molecule has 1 aliphatic carbocycles. The fourth-order valence-corrected chi connectivity index (χ4v) is 5.28. The summed E-state index contributed by atoms with van der Waals surface area (Å²) in [4.78, 5) is 42.9. The zero-order valence-electron chi connectivity index (χ0n) is 23.8. The SMILES string of the molecule is CC1(OC(=O)N(CCCCN2C(=N)NC(c3ccccc3)(c3ccccc3)C2=O)C(=O)[C@@H](N)Cc2ccccc2)CC1. The minimum atomic E-state index is -1.21. The summed E-state index contributed by atoms with van der Waals surface area (Å²) < 4.78 is 5.62. The summed E-state index contributed by atoms with van der Waals surface area (Å²) in [5.41, 5.74) is 6.90. The molecule has 9 nitrogen and oxygen atoms in total. The third-order valence-corrected chi connectivity index (χ3v) is 7.96. The fourth-order valence-electron chi connectivity index (χ4n) is 5.28. The quantitative estimate of drug-likeness (QED) is 0.299. The van der Waals surface area contributed by atoms with Crippen LogP contribution in [0.1, 0.15) is 49.3 Å². The van der Waals surface area contributed by atoms with Gasteiger partial charge in [-0.1, -0.05) is 91.0 Å². The largest absolute Gasteiger partial charge is 0.443 e. The number of amides is 3. The molecule has 4 N–H and O–H groups in total. The Hall–Kier alpha value is -4.50. The molecule has 0 unspecified atom stereocenters. The first-order valence-corrected chi connectivity index (χ1v) is 14.4. The molecule has 3 amide bonds. The number of carbonyl (C=O) groups excluding carboxylic acids is 3. The molecule has 3 aromatic carbocycles. The first-order valence-electron chi connectivity index (χ1n) is 14.4. The molecule has 42 heavy (non-hydrogen) atoms. The van der Waals surface area contributed by atoms with Crippen molar-refractivity contribution in [2.45, 2.75) is 56.2 Å². The van der Waals surface area contributed by atoms with E-state index in [1.807, 2.05) is 97.9 Å². The summed E-state index contributed by atoms with van der Waals surface area (Å²) in [7, 11) is 0. The average molecular weight is 568 g/mol. The van der Waals surface area contributed by atoms with E-state index in [9.17, 15) is 14.4 Å². The van der Waals surface area contributed by atoms with Crippen LogP contribution in [0.25, 0.3) is 0 Å². The highest BCUT2D eigenvalue weighted by Gasteiger charge is 2.52. The van der Waals surface area contributed by atoms with Crippen LogP contribution in [0.2, 0.25) is 0 Å². The van der Waals surface area contributed by atoms with Crippen molar-refractivity contribution in [1.29, 1.82) is 5.41 Å². The Bertz CT molecular complexity index is 1390. The van der Waals surface area contributed by atoms with Crippen molar-refractivity contribution in [3.05, 3.63) is 108 Å². The summed E-state index contributed by atoms with van der Waals surface area (Å²) in [6.45, 7) is 2.19. The van der Waals surface area contributed by atoms with Crippen LogP contribution < -0.4 is 11.1 Å². The van der Waals surface area contributed by atoms with Gasteiger partial charge in [-0.2, -0.15) is 0 Å². The van der Waals surface area contributed by atoms with E-state index in [4.69, 9.17) is 15.9 Å². The van der Waals surface area contributed by atoms with Crippen molar-refractivity contribution in [3.63, 3.8) is 0 Å². The Morgan fingerprint density at radius 2 is 1.50 bits per heavy atom. The molecule has 0 aromatic heterocycles. The molecule has 1 heterocycles. The van der Waals surface area contributed by atoms with E-state index in [1.54, 1.807) is 0 Å². The van der Waals surface area contributed by atoms with E-state index < -0.39 is 29.2 Å². The number of hydrogen-bond donors (Lipinski definition) is 3. The van der Waals surface area contributed by atoms with Crippen molar-refractivity contribution in [1.82, 2.24) is 15.1 Å². The van der Waals surface area contributed by atoms with Gasteiger partial charge in [0.1, 0.15) is 5.60 Å². The molecule has 1 atom stereocenters. The Balaban J connectivity index is 1.26. The molecule has 218 valence electrons. The number of nitrogens with zero attached hydrogens (tertiary/aromatic N) is 2. The number of imide groups is 1. The normalized spacial score (nSPS) is 17.3. The maximum absolute atomic E-state index is 14.0. The number of hydrogen-bond acceptors (Lipinski definition) is 6. The minimum Gasteiger partial charge on any atom is -0.443 e. The molecule has 0 radical (unpaired) electrons. The Morgan fingerprint density at radius 3 is 2.05 bits per heavy atom. The van der Waals surface area contributed by atoms with Crippen molar-refractivity contribution in [2.24, 2.45) is 5.73 Å². The smallest absolute Gasteiger partial charge is 0.417 e. The number of rotatable bonds is 11. The van der Waals surface area contributed by atoms with E-state index in [0.29, 0.717) is 19.3 Å². The van der Waals surface area contributed by atoms with Gasteiger partial charge < -0.3 is 15.8 Å². The predicted molar refractivity (Wildman–Crippen MR) is 159 cm³/mol. The van der Waals surface area contributed by atoms with Crippen LogP contribution in [0.4, 0.5) is 4.79 Å². The average Bonchev–Trinajstić information content (AvgIpc) is 3.67. The van der Waals surface area contributed by atoms with Crippen LogP contribution in [0.5, 0.6) is 0 Å². The number of ether oxygens (including phenoxy) is 1. The number of nitrogens with two attached hydrogens (primary N) is 1. The number of carbonyl (C=O) groups is 3. The van der Waals surface area contributed by atoms with E-state index in [-0.39, 0.29) is 25.0 Å². The van der Waals surface area contributed by atoms with Gasteiger partial charge in [0.15, 0.2) is 11.5 Å². The van der Waals surface area contributed by atoms with Gasteiger partial charge in [-0.05, 0) is 55.7 Å². The highest BCUT2D eigenvalue weighted by atomic mass is 16.6. The topological polar surface area (TPSA) is 129 Å². The highest BCUT2D eigenvalue weighted by Crippen LogP contribution is 2.39. The molecular weight excluding hydrogens is 530 g/mol. The zero-order chi connectivity index (χ0) is 29.7. The second-order valence-electron chi connectivity index (χ2n) is 11.2. The Morgan fingerprint density at radius 1 is 0.952 bits per heavy atom. The Labute approximate surface area is 246 Å². The van der Waals surface area contributed by atoms with Gasteiger partial charge in [0.05, 0.1) is 6.04 Å². The number of nitrogens with one attached hydrogen (secondary N) is 2. The molecule has 9 heteroatoms. The van der Waals surface area contributed by atoms with Gasteiger partial charge in [0.2, 0.25) is 5.91 Å². The summed E-state index contributed by atoms with van der Waals surface area (Å²) in [5.74, 6) is -0.734. The van der Waals surface area contributed by atoms with Gasteiger partial charge in [-0.15, -0.1) is 0 Å². The molecule has 3 aromatic rings. The van der Waals surface area contributed by atoms with Crippen molar-refractivity contribution < 1.29 is 19.1 Å². The van der Waals surface area contributed by atoms with Gasteiger partial charge in [-0.3, -0.25) is 19.9 Å². The van der Waals surface area contributed by atoms with Crippen LogP contribution >= 0.6 is 0 Å². The molecular formula is C33H37N5O4. The molecule has 0 bridgehead atoms. The van der Waals surface area contributed by atoms with Crippen LogP contribution in [-0.2, 0) is 26.3 Å². The zero-order valence-corrected chi connectivity index (χ0v) is 23.8. The summed E-state index contributed by atoms with van der Waals surface area (Å²) in [5, 5.41) is 11.8. The Kier molecular flexibility index (Phi) is 8.40. The van der Waals surface area contributed by atoms with Crippen LogP contribution in [-0.4, -0.2) is 58.4 Å². The fraction of sp³-hybridized carbons (Fsp3) is 0.333. The number of unbranched alkanes of at least 4 members (excludes halogenated alkanes) is 1. The molecule has 2 fully saturated rings. The first kappa shape index (κ1) is 29.0. The summed E-state index contributed by atoms with van der Waals surface area (Å²) in [6.07, 6.45) is 1.99. The third kappa shape index (κ3) is 6.06. The van der Waals surface area contributed by atoms with Crippen LogP contribution in [0, 0.1) is 5.41 Å². The van der Waals surface area contributed by atoms with Crippen LogP contribution in [0.15, 0.2) is 91.0 Å². The van der Waals surface area contributed by atoms with Crippen molar-refractivity contribution >= 4 is 23.9 Å². The molecule has 1 saturated carbocycles. The van der Waals surface area contributed by atoms with Gasteiger partial charge in [0, 0.05) is 13.1 Å². The second-order valence-corrected chi connectivity index (χ2v) is 11.2. The lowest BCUT2D eigenvalue weighted by Gasteiger charge is -2.28.